The van der Waals surface area contributed by atoms with Crippen molar-refractivity contribution in [2.75, 3.05) is 43.9 Å². The van der Waals surface area contributed by atoms with Crippen LogP contribution in [0, 0.1) is 0 Å². The van der Waals surface area contributed by atoms with E-state index < -0.39 is 5.91 Å². The van der Waals surface area contributed by atoms with Gasteiger partial charge in [-0.15, -0.1) is 11.3 Å². The largest absolute Gasteiger partial charge is 0.355 e. The van der Waals surface area contributed by atoms with Gasteiger partial charge in [-0.3, -0.25) is 9.59 Å². The molecule has 4 rings (SSSR count). The summed E-state index contributed by atoms with van der Waals surface area (Å²) in [6.07, 6.45) is 1.59. The highest BCUT2D eigenvalue weighted by molar-refractivity contribution is 7.11. The van der Waals surface area contributed by atoms with Crippen molar-refractivity contribution in [3.05, 3.63) is 88.5 Å². The molecule has 0 radical (unpaired) electrons. The number of para-hydroxylation sites is 1. The number of nitrogens with one attached hydrogen (secondary N) is 1. The fraction of sp³-hybridized carbons (Fsp3) is 0.222. The van der Waals surface area contributed by atoms with Gasteiger partial charge in [-0.2, -0.15) is 0 Å². The molecule has 0 saturated carbocycles. The maximum absolute atomic E-state index is 13.4. The van der Waals surface area contributed by atoms with E-state index in [2.05, 4.69) is 32.0 Å². The van der Waals surface area contributed by atoms with Crippen molar-refractivity contribution in [2.24, 2.45) is 0 Å². The SMILES string of the molecule is CCN(CCN(C)C)c1cc(C(=O)Nc2ccccc2C(=O)c2nccs2)nc(-c2ccccc2)n1. The minimum absolute atomic E-state index is 0.221. The molecule has 4 aromatic rings. The first-order chi connectivity index (χ1) is 17.5. The second-order valence-electron chi connectivity index (χ2n) is 8.35. The maximum Gasteiger partial charge on any atom is 0.274 e. The molecular formula is C27H28N6O2S. The molecule has 36 heavy (non-hydrogen) atoms. The summed E-state index contributed by atoms with van der Waals surface area (Å²) in [4.78, 5) is 44.1. The van der Waals surface area contributed by atoms with Crippen LogP contribution in [0.2, 0.25) is 0 Å². The van der Waals surface area contributed by atoms with Gasteiger partial charge in [0.05, 0.1) is 5.69 Å². The second kappa shape index (κ2) is 11.7. The Morgan fingerprint density at radius 1 is 0.972 bits per heavy atom. The van der Waals surface area contributed by atoms with E-state index in [1.807, 2.05) is 44.4 Å². The molecule has 184 valence electrons. The molecule has 9 heteroatoms. The molecule has 1 N–H and O–H groups in total. The third-order valence-corrected chi connectivity index (χ3v) is 6.32. The number of ketones is 1. The Balaban J connectivity index is 1.69. The smallest absolute Gasteiger partial charge is 0.274 e. The number of amides is 1. The van der Waals surface area contributed by atoms with Gasteiger partial charge < -0.3 is 15.1 Å². The molecule has 2 aromatic carbocycles. The third-order valence-electron chi connectivity index (χ3n) is 5.55. The van der Waals surface area contributed by atoms with Crippen LogP contribution in [0.3, 0.4) is 0 Å². The lowest BCUT2D eigenvalue weighted by Gasteiger charge is -2.24. The van der Waals surface area contributed by atoms with E-state index in [1.54, 1.807) is 41.9 Å². The highest BCUT2D eigenvalue weighted by Crippen LogP contribution is 2.24. The minimum atomic E-state index is -0.418. The van der Waals surface area contributed by atoms with Crippen LogP contribution in [-0.4, -0.2) is 65.3 Å². The number of aromatic nitrogens is 3. The lowest BCUT2D eigenvalue weighted by Crippen LogP contribution is -2.32. The molecule has 2 heterocycles. The zero-order chi connectivity index (χ0) is 25.5. The van der Waals surface area contributed by atoms with Crippen LogP contribution in [0.15, 0.2) is 72.2 Å². The molecule has 0 fully saturated rings. The van der Waals surface area contributed by atoms with E-state index in [4.69, 9.17) is 4.98 Å². The predicted octanol–water partition coefficient (Wildman–Crippen LogP) is 4.47. The first-order valence-electron chi connectivity index (χ1n) is 11.6. The van der Waals surface area contributed by atoms with E-state index >= 15 is 0 Å². The van der Waals surface area contributed by atoms with Crippen molar-refractivity contribution in [1.82, 2.24) is 19.9 Å². The Morgan fingerprint density at radius 3 is 2.42 bits per heavy atom. The number of anilines is 2. The van der Waals surface area contributed by atoms with Crippen molar-refractivity contribution in [1.29, 1.82) is 0 Å². The van der Waals surface area contributed by atoms with Crippen LogP contribution in [-0.2, 0) is 0 Å². The first kappa shape index (κ1) is 25.2. The summed E-state index contributed by atoms with van der Waals surface area (Å²) in [6.45, 7) is 4.37. The van der Waals surface area contributed by atoms with Crippen molar-refractivity contribution < 1.29 is 9.59 Å². The van der Waals surface area contributed by atoms with Crippen molar-refractivity contribution >= 4 is 34.5 Å². The molecule has 0 saturated heterocycles. The molecule has 1 amide bonds. The summed E-state index contributed by atoms with van der Waals surface area (Å²) < 4.78 is 0. The van der Waals surface area contributed by atoms with Crippen LogP contribution >= 0.6 is 11.3 Å². The topological polar surface area (TPSA) is 91.3 Å². The minimum Gasteiger partial charge on any atom is -0.355 e. The van der Waals surface area contributed by atoms with Gasteiger partial charge in [0.15, 0.2) is 10.8 Å². The summed E-state index contributed by atoms with van der Waals surface area (Å²) in [6, 6.07) is 18.2. The van der Waals surface area contributed by atoms with Gasteiger partial charge >= 0.3 is 0 Å². The lowest BCUT2D eigenvalue weighted by molar-refractivity contribution is 0.102. The Kier molecular flexibility index (Phi) is 8.14. The number of hydrogen-bond donors (Lipinski definition) is 1. The van der Waals surface area contributed by atoms with Gasteiger partial charge in [-0.1, -0.05) is 42.5 Å². The van der Waals surface area contributed by atoms with Crippen LogP contribution in [0.5, 0.6) is 0 Å². The Morgan fingerprint density at radius 2 is 1.72 bits per heavy atom. The number of nitrogens with zero attached hydrogens (tertiary/aromatic N) is 5. The monoisotopic (exact) mass is 500 g/mol. The zero-order valence-corrected chi connectivity index (χ0v) is 21.3. The highest BCUT2D eigenvalue weighted by atomic mass is 32.1. The van der Waals surface area contributed by atoms with Crippen molar-refractivity contribution in [2.45, 2.75) is 6.92 Å². The quantitative estimate of drug-likeness (QED) is 0.321. The standard InChI is InChI=1S/C27H28N6O2S/c1-4-33(16-15-32(2)3)23-18-22(29-25(31-23)19-10-6-5-7-11-19)26(35)30-21-13-9-8-12-20(21)24(34)27-28-14-17-36-27/h5-14,17-18H,4,15-16H2,1-3H3,(H,30,35). The molecule has 0 bridgehead atoms. The number of likely N-dealkylation sites (N-methyl/N-ethyl adjacent to an activating group) is 2. The molecule has 0 spiro atoms. The van der Waals surface area contributed by atoms with Gasteiger partial charge in [0.2, 0.25) is 5.78 Å². The molecule has 8 nitrogen and oxygen atoms in total. The average molecular weight is 501 g/mol. The molecule has 0 aliphatic carbocycles. The van der Waals surface area contributed by atoms with E-state index in [9.17, 15) is 9.59 Å². The van der Waals surface area contributed by atoms with Crippen LogP contribution in [0.25, 0.3) is 11.4 Å². The Hall–Kier alpha value is -3.95. The molecule has 0 aliphatic rings. The zero-order valence-electron chi connectivity index (χ0n) is 20.5. The van der Waals surface area contributed by atoms with E-state index in [-0.39, 0.29) is 11.5 Å². The fourth-order valence-corrected chi connectivity index (χ4v) is 4.20. The number of carbonyl (C=O) groups excluding carboxylic acids is 2. The number of carbonyl (C=O) groups is 2. The molecule has 0 aliphatic heterocycles. The van der Waals surface area contributed by atoms with Gasteiger partial charge in [0.25, 0.3) is 5.91 Å². The summed E-state index contributed by atoms with van der Waals surface area (Å²) in [5, 5.41) is 5.00. The number of rotatable bonds is 10. The molecule has 0 atom stereocenters. The number of benzene rings is 2. The normalized spacial score (nSPS) is 10.9. The van der Waals surface area contributed by atoms with Crippen molar-refractivity contribution in [3.8, 4) is 11.4 Å². The van der Waals surface area contributed by atoms with Crippen molar-refractivity contribution in [3.63, 3.8) is 0 Å². The average Bonchev–Trinajstić information content (AvgIpc) is 3.44. The summed E-state index contributed by atoms with van der Waals surface area (Å²) in [5.74, 6) is 0.480. The van der Waals surface area contributed by atoms with E-state index in [1.165, 1.54) is 11.3 Å². The van der Waals surface area contributed by atoms with Crippen LogP contribution < -0.4 is 10.2 Å². The van der Waals surface area contributed by atoms with Gasteiger partial charge in [0.1, 0.15) is 11.5 Å². The van der Waals surface area contributed by atoms with Crippen LogP contribution in [0.1, 0.15) is 32.8 Å². The molecular weight excluding hydrogens is 472 g/mol. The highest BCUT2D eigenvalue weighted by Gasteiger charge is 2.20. The van der Waals surface area contributed by atoms with Gasteiger partial charge in [-0.05, 0) is 33.2 Å². The van der Waals surface area contributed by atoms with Gasteiger partial charge in [-0.25, -0.2) is 15.0 Å². The maximum atomic E-state index is 13.4. The van der Waals surface area contributed by atoms with Crippen LogP contribution in [0.4, 0.5) is 11.5 Å². The first-order valence-corrected chi connectivity index (χ1v) is 12.5. The van der Waals surface area contributed by atoms with E-state index in [0.29, 0.717) is 27.9 Å². The van der Waals surface area contributed by atoms with E-state index in [0.717, 1.165) is 25.2 Å². The Labute approximate surface area is 214 Å². The third kappa shape index (κ3) is 5.99. The number of thiazole rings is 1. The fourth-order valence-electron chi connectivity index (χ4n) is 3.61. The molecule has 0 unspecified atom stereocenters. The summed E-state index contributed by atoms with van der Waals surface area (Å²) >= 11 is 1.26. The lowest BCUT2D eigenvalue weighted by atomic mass is 10.1. The Bertz CT molecular complexity index is 1330. The summed E-state index contributed by atoms with van der Waals surface area (Å²) in [5.41, 5.74) is 1.82. The second-order valence-corrected chi connectivity index (χ2v) is 9.24. The molecule has 2 aromatic heterocycles. The predicted molar refractivity (Wildman–Crippen MR) is 144 cm³/mol. The number of hydrogen-bond acceptors (Lipinski definition) is 8. The van der Waals surface area contributed by atoms with Gasteiger partial charge in [0, 0.05) is 48.4 Å². The summed E-state index contributed by atoms with van der Waals surface area (Å²) in [7, 11) is 4.04.